The maximum atomic E-state index is 10.9. The van der Waals surface area contributed by atoms with Crippen LogP contribution in [-0.2, 0) is 0 Å². The fourth-order valence-electron chi connectivity index (χ4n) is 1.97. The molecule has 0 heterocycles. The van der Waals surface area contributed by atoms with Crippen LogP contribution in [0.4, 0.5) is 4.79 Å². The molecule has 1 atom stereocenters. The van der Waals surface area contributed by atoms with Gasteiger partial charge >= 0.3 is 6.03 Å². The summed E-state index contributed by atoms with van der Waals surface area (Å²) in [5.74, 6) is 0. The van der Waals surface area contributed by atoms with Crippen LogP contribution in [0.25, 0.3) is 12.2 Å². The molecule has 1 unspecified atom stereocenters. The molecule has 0 aliphatic heterocycles. The summed E-state index contributed by atoms with van der Waals surface area (Å²) in [5.41, 5.74) is 8.03. The number of benzene rings is 2. The van der Waals surface area contributed by atoms with Gasteiger partial charge in [0.2, 0.25) is 0 Å². The number of carbonyl (C=O) groups is 1. The van der Waals surface area contributed by atoms with Gasteiger partial charge in [0.05, 0.1) is 6.04 Å². The van der Waals surface area contributed by atoms with E-state index in [4.69, 9.17) is 5.73 Å². The number of urea groups is 1. The Kier molecular flexibility index (Phi) is 4.74. The van der Waals surface area contributed by atoms with Crippen molar-refractivity contribution in [1.82, 2.24) is 5.06 Å². The SMILES string of the molecule is CC(c1ccc(C=Cc2ccccc2)cc1)N(O)C(N)=O. The number of amides is 2. The van der Waals surface area contributed by atoms with Crippen molar-refractivity contribution in [3.63, 3.8) is 0 Å². The van der Waals surface area contributed by atoms with Crippen LogP contribution >= 0.6 is 0 Å². The maximum Gasteiger partial charge on any atom is 0.339 e. The minimum Gasteiger partial charge on any atom is -0.350 e. The van der Waals surface area contributed by atoms with Crippen LogP contribution < -0.4 is 5.73 Å². The number of primary amides is 1. The highest BCUT2D eigenvalue weighted by Crippen LogP contribution is 2.19. The van der Waals surface area contributed by atoms with Crippen LogP contribution in [-0.4, -0.2) is 16.3 Å². The lowest BCUT2D eigenvalue weighted by molar-refractivity contribution is -0.0709. The van der Waals surface area contributed by atoms with Crippen molar-refractivity contribution in [2.75, 3.05) is 0 Å². The summed E-state index contributed by atoms with van der Waals surface area (Å²) in [4.78, 5) is 10.9. The first-order valence-corrected chi connectivity index (χ1v) is 6.68. The van der Waals surface area contributed by atoms with Gasteiger partial charge in [-0.05, 0) is 23.6 Å². The third kappa shape index (κ3) is 3.94. The van der Waals surface area contributed by atoms with Gasteiger partial charge in [-0.15, -0.1) is 0 Å². The van der Waals surface area contributed by atoms with Gasteiger partial charge in [0.25, 0.3) is 0 Å². The van der Waals surface area contributed by atoms with E-state index in [0.29, 0.717) is 5.06 Å². The van der Waals surface area contributed by atoms with Gasteiger partial charge in [-0.3, -0.25) is 5.21 Å². The third-order valence-corrected chi connectivity index (χ3v) is 3.28. The number of carbonyl (C=O) groups excluding carboxylic acids is 1. The molecule has 0 saturated carbocycles. The average Bonchev–Trinajstić information content (AvgIpc) is 2.53. The number of nitrogens with zero attached hydrogens (tertiary/aromatic N) is 1. The second-order valence-corrected chi connectivity index (χ2v) is 4.77. The first kappa shape index (κ1) is 14.8. The van der Waals surface area contributed by atoms with E-state index >= 15 is 0 Å². The molecule has 0 fully saturated rings. The maximum absolute atomic E-state index is 10.9. The van der Waals surface area contributed by atoms with Crippen LogP contribution in [0.1, 0.15) is 29.7 Å². The van der Waals surface area contributed by atoms with E-state index in [2.05, 4.69) is 0 Å². The van der Waals surface area contributed by atoms with E-state index < -0.39 is 12.1 Å². The zero-order valence-corrected chi connectivity index (χ0v) is 11.8. The van der Waals surface area contributed by atoms with Gasteiger partial charge in [0.1, 0.15) is 0 Å². The number of rotatable bonds is 4. The lowest BCUT2D eigenvalue weighted by atomic mass is 10.1. The van der Waals surface area contributed by atoms with Gasteiger partial charge in [0, 0.05) is 0 Å². The predicted octanol–water partition coefficient (Wildman–Crippen LogP) is 3.69. The molecule has 2 amide bonds. The van der Waals surface area contributed by atoms with Gasteiger partial charge in [0.15, 0.2) is 0 Å². The lowest BCUT2D eigenvalue weighted by Gasteiger charge is -2.20. The van der Waals surface area contributed by atoms with Crippen molar-refractivity contribution >= 4 is 18.2 Å². The number of nitrogens with two attached hydrogens (primary N) is 1. The molecule has 4 nitrogen and oxygen atoms in total. The Morgan fingerprint density at radius 2 is 1.57 bits per heavy atom. The number of hydrogen-bond acceptors (Lipinski definition) is 2. The molecule has 2 aromatic rings. The number of hydrogen-bond donors (Lipinski definition) is 2. The summed E-state index contributed by atoms with van der Waals surface area (Å²) in [6.07, 6.45) is 4.04. The summed E-state index contributed by atoms with van der Waals surface area (Å²) in [7, 11) is 0. The highest BCUT2D eigenvalue weighted by molar-refractivity contribution is 5.71. The average molecular weight is 282 g/mol. The lowest BCUT2D eigenvalue weighted by Crippen LogP contribution is -2.34. The standard InChI is InChI=1S/C17H18N2O2/c1-13(19(21)17(18)20)16-11-9-15(10-12-16)8-7-14-5-3-2-4-6-14/h2-13,21H,1H3,(H2,18,20). The molecule has 0 aliphatic carbocycles. The van der Waals surface area contributed by atoms with E-state index in [1.165, 1.54) is 0 Å². The van der Waals surface area contributed by atoms with Crippen molar-refractivity contribution in [3.8, 4) is 0 Å². The fraction of sp³-hybridized carbons (Fsp3) is 0.118. The fourth-order valence-corrected chi connectivity index (χ4v) is 1.97. The van der Waals surface area contributed by atoms with E-state index in [0.717, 1.165) is 16.7 Å². The first-order valence-electron chi connectivity index (χ1n) is 6.68. The topological polar surface area (TPSA) is 66.6 Å². The number of hydroxylamine groups is 2. The van der Waals surface area contributed by atoms with Gasteiger partial charge in [-0.25, -0.2) is 4.79 Å². The first-order chi connectivity index (χ1) is 10.1. The molecular weight excluding hydrogens is 264 g/mol. The van der Waals surface area contributed by atoms with Gasteiger partial charge in [-0.2, -0.15) is 5.06 Å². The Balaban J connectivity index is 2.09. The minimum atomic E-state index is -0.865. The molecule has 2 rings (SSSR count). The Labute approximate surface area is 124 Å². The summed E-state index contributed by atoms with van der Waals surface area (Å²) < 4.78 is 0. The van der Waals surface area contributed by atoms with Crippen LogP contribution in [0, 0.1) is 0 Å². The Morgan fingerprint density at radius 3 is 2.10 bits per heavy atom. The highest BCUT2D eigenvalue weighted by Gasteiger charge is 2.16. The molecular formula is C17H18N2O2. The van der Waals surface area contributed by atoms with Crippen molar-refractivity contribution in [1.29, 1.82) is 0 Å². The Bertz CT molecular complexity index is 621. The largest absolute Gasteiger partial charge is 0.350 e. The van der Waals surface area contributed by atoms with E-state index in [9.17, 15) is 10.0 Å². The molecule has 21 heavy (non-hydrogen) atoms. The normalized spacial score (nSPS) is 12.3. The predicted molar refractivity (Wildman–Crippen MR) is 83.4 cm³/mol. The van der Waals surface area contributed by atoms with Crippen molar-refractivity contribution < 1.29 is 10.0 Å². The molecule has 2 aromatic carbocycles. The molecule has 0 spiro atoms. The summed E-state index contributed by atoms with van der Waals surface area (Å²) in [5, 5.41) is 10.0. The van der Waals surface area contributed by atoms with Gasteiger partial charge < -0.3 is 5.73 Å². The third-order valence-electron chi connectivity index (χ3n) is 3.28. The summed E-state index contributed by atoms with van der Waals surface area (Å²) in [6, 6.07) is 16.3. The summed E-state index contributed by atoms with van der Waals surface area (Å²) >= 11 is 0. The van der Waals surface area contributed by atoms with Crippen molar-refractivity contribution in [2.45, 2.75) is 13.0 Å². The van der Waals surface area contributed by atoms with Gasteiger partial charge in [-0.1, -0.05) is 66.7 Å². The molecule has 0 aromatic heterocycles. The van der Waals surface area contributed by atoms with E-state index in [1.54, 1.807) is 6.92 Å². The molecule has 3 N–H and O–H groups in total. The van der Waals surface area contributed by atoms with E-state index in [-0.39, 0.29) is 0 Å². The van der Waals surface area contributed by atoms with E-state index in [1.807, 2.05) is 66.7 Å². The molecule has 0 saturated heterocycles. The smallest absolute Gasteiger partial charge is 0.339 e. The molecule has 0 bridgehead atoms. The Morgan fingerprint density at radius 1 is 1.05 bits per heavy atom. The van der Waals surface area contributed by atoms with Crippen LogP contribution in [0.3, 0.4) is 0 Å². The van der Waals surface area contributed by atoms with Crippen molar-refractivity contribution in [2.24, 2.45) is 5.73 Å². The molecule has 0 radical (unpaired) electrons. The van der Waals surface area contributed by atoms with Crippen LogP contribution in [0.2, 0.25) is 0 Å². The molecule has 108 valence electrons. The van der Waals surface area contributed by atoms with Crippen molar-refractivity contribution in [3.05, 3.63) is 71.3 Å². The Hall–Kier alpha value is -2.59. The second-order valence-electron chi connectivity index (χ2n) is 4.77. The summed E-state index contributed by atoms with van der Waals surface area (Å²) in [6.45, 7) is 1.71. The minimum absolute atomic E-state index is 0.477. The quantitative estimate of drug-likeness (QED) is 0.510. The molecule has 4 heteroatoms. The van der Waals surface area contributed by atoms with Crippen LogP contribution in [0.5, 0.6) is 0 Å². The molecule has 0 aliphatic rings. The zero-order chi connectivity index (χ0) is 15.2. The van der Waals surface area contributed by atoms with Crippen LogP contribution in [0.15, 0.2) is 54.6 Å². The highest BCUT2D eigenvalue weighted by atomic mass is 16.5. The second kappa shape index (κ2) is 6.72. The monoisotopic (exact) mass is 282 g/mol. The zero-order valence-electron chi connectivity index (χ0n) is 11.8.